The first-order chi connectivity index (χ1) is 10.6. The maximum atomic E-state index is 12.8. The molecule has 2 aliphatic heterocycles. The van der Waals surface area contributed by atoms with Crippen LogP contribution in [0.1, 0.15) is 12.5 Å². The third kappa shape index (κ3) is 1.74. The molecule has 3 atom stereocenters. The van der Waals surface area contributed by atoms with Gasteiger partial charge in [0.2, 0.25) is 0 Å². The number of amides is 1. The monoisotopic (exact) mass is 357 g/mol. The van der Waals surface area contributed by atoms with Gasteiger partial charge in [-0.05, 0) is 28.4 Å². The Morgan fingerprint density at radius 2 is 2.05 bits per heavy atom. The number of ether oxygens (including phenoxy) is 1. The van der Waals surface area contributed by atoms with E-state index in [-0.39, 0.29) is 18.1 Å². The first-order valence-corrected chi connectivity index (χ1v) is 8.23. The minimum Gasteiger partial charge on any atom is -0.366 e. The molecule has 4 heteroatoms. The summed E-state index contributed by atoms with van der Waals surface area (Å²) in [4.78, 5) is 14.8. The molecule has 22 heavy (non-hydrogen) atoms. The molecule has 0 N–H and O–H groups in total. The van der Waals surface area contributed by atoms with E-state index in [0.29, 0.717) is 11.0 Å². The summed E-state index contributed by atoms with van der Waals surface area (Å²) in [6.07, 6.45) is 8.00. The van der Waals surface area contributed by atoms with Gasteiger partial charge in [0.05, 0.1) is 10.6 Å². The summed E-state index contributed by atoms with van der Waals surface area (Å²) in [7, 11) is 0. The van der Waals surface area contributed by atoms with Crippen molar-refractivity contribution in [2.45, 2.75) is 24.7 Å². The second kappa shape index (κ2) is 4.93. The number of halogens is 1. The quantitative estimate of drug-likeness (QED) is 0.771. The number of hydrogen-bond donors (Lipinski definition) is 0. The van der Waals surface area contributed by atoms with E-state index in [4.69, 9.17) is 4.74 Å². The summed E-state index contributed by atoms with van der Waals surface area (Å²) in [6, 6.07) is 10.1. The molecular formula is C18H16BrNO2. The van der Waals surface area contributed by atoms with Gasteiger partial charge in [0.1, 0.15) is 11.6 Å². The van der Waals surface area contributed by atoms with Gasteiger partial charge in [-0.1, -0.05) is 54.6 Å². The minimum absolute atomic E-state index is 0.0219. The lowest BCUT2D eigenvalue weighted by molar-refractivity contribution is -0.145. The highest BCUT2D eigenvalue weighted by Crippen LogP contribution is 2.51. The zero-order chi connectivity index (χ0) is 15.3. The molecule has 0 unspecified atom stereocenters. The number of rotatable bonds is 1. The molecule has 3 nitrogen and oxygen atoms in total. The van der Waals surface area contributed by atoms with Crippen LogP contribution >= 0.6 is 15.9 Å². The Kier molecular flexibility index (Phi) is 3.13. The molecule has 0 radical (unpaired) electrons. The van der Waals surface area contributed by atoms with E-state index >= 15 is 0 Å². The number of benzene rings is 1. The summed E-state index contributed by atoms with van der Waals surface area (Å²) in [5.41, 5.74) is 1.50. The highest BCUT2D eigenvalue weighted by atomic mass is 79.9. The lowest BCUT2D eigenvalue weighted by atomic mass is 9.77. The third-order valence-corrected chi connectivity index (χ3v) is 5.30. The van der Waals surface area contributed by atoms with Gasteiger partial charge < -0.3 is 9.64 Å². The molecule has 2 heterocycles. The number of hydrogen-bond acceptors (Lipinski definition) is 2. The van der Waals surface area contributed by atoms with Crippen LogP contribution in [-0.4, -0.2) is 35.1 Å². The fourth-order valence-corrected chi connectivity index (χ4v) is 4.44. The van der Waals surface area contributed by atoms with Crippen molar-refractivity contribution in [1.82, 2.24) is 4.90 Å². The molecule has 0 bridgehead atoms. The van der Waals surface area contributed by atoms with Crippen molar-refractivity contribution < 1.29 is 9.53 Å². The van der Waals surface area contributed by atoms with Gasteiger partial charge in [-0.25, -0.2) is 0 Å². The molecule has 3 aliphatic rings. The molecule has 0 saturated carbocycles. The Bertz CT molecular complexity index is 722. The molecule has 0 aromatic heterocycles. The summed E-state index contributed by atoms with van der Waals surface area (Å²) in [6.45, 7) is 2.61. The van der Waals surface area contributed by atoms with Crippen molar-refractivity contribution in [2.24, 2.45) is 0 Å². The maximum absolute atomic E-state index is 12.8. The Balaban J connectivity index is 1.95. The highest BCUT2D eigenvalue weighted by Gasteiger charge is 2.57. The average molecular weight is 358 g/mol. The Morgan fingerprint density at radius 3 is 2.82 bits per heavy atom. The van der Waals surface area contributed by atoms with E-state index in [2.05, 4.69) is 22.0 Å². The summed E-state index contributed by atoms with van der Waals surface area (Å²) < 4.78 is 6.80. The molecule has 1 amide bonds. The van der Waals surface area contributed by atoms with Crippen LogP contribution in [0.25, 0.3) is 5.57 Å². The number of morpholine rings is 1. The van der Waals surface area contributed by atoms with Gasteiger partial charge in [-0.2, -0.15) is 0 Å². The number of nitrogens with zero attached hydrogens (tertiary/aromatic N) is 1. The minimum atomic E-state index is -0.543. The van der Waals surface area contributed by atoms with Crippen molar-refractivity contribution in [3.05, 3.63) is 64.7 Å². The van der Waals surface area contributed by atoms with Gasteiger partial charge in [0, 0.05) is 12.1 Å². The highest BCUT2D eigenvalue weighted by molar-refractivity contribution is 9.12. The lowest BCUT2D eigenvalue weighted by Crippen LogP contribution is -2.62. The molecule has 1 aromatic carbocycles. The van der Waals surface area contributed by atoms with E-state index in [1.165, 1.54) is 0 Å². The topological polar surface area (TPSA) is 29.5 Å². The predicted octanol–water partition coefficient (Wildman–Crippen LogP) is 3.29. The third-order valence-electron chi connectivity index (χ3n) is 4.56. The van der Waals surface area contributed by atoms with E-state index in [1.54, 1.807) is 0 Å². The summed E-state index contributed by atoms with van der Waals surface area (Å²) in [5.74, 6) is 0.0407. The average Bonchev–Trinajstić information content (AvgIpc) is 2.74. The SMILES string of the molecule is C[C@H]1CN2C(=O)C(Br)=C(c3ccccc3)[C@@]23C=CC=C[C@H]3O1. The normalized spacial score (nSPS) is 33.2. The van der Waals surface area contributed by atoms with Crippen molar-refractivity contribution in [3.8, 4) is 0 Å². The molecule has 4 rings (SSSR count). The van der Waals surface area contributed by atoms with Crippen LogP contribution in [0.2, 0.25) is 0 Å². The van der Waals surface area contributed by atoms with Crippen molar-refractivity contribution in [2.75, 3.05) is 6.54 Å². The van der Waals surface area contributed by atoms with Gasteiger partial charge >= 0.3 is 0 Å². The van der Waals surface area contributed by atoms with Crippen molar-refractivity contribution in [3.63, 3.8) is 0 Å². The van der Waals surface area contributed by atoms with Gasteiger partial charge in [0.25, 0.3) is 5.91 Å². The van der Waals surface area contributed by atoms with Crippen molar-refractivity contribution in [1.29, 1.82) is 0 Å². The van der Waals surface area contributed by atoms with Gasteiger partial charge in [0.15, 0.2) is 0 Å². The second-order valence-corrected chi connectivity index (χ2v) is 6.70. The zero-order valence-corrected chi connectivity index (χ0v) is 13.8. The van der Waals surface area contributed by atoms with Gasteiger partial charge in [-0.3, -0.25) is 4.79 Å². The largest absolute Gasteiger partial charge is 0.366 e. The maximum Gasteiger partial charge on any atom is 0.262 e. The van der Waals surface area contributed by atoms with Crippen LogP contribution in [0.4, 0.5) is 0 Å². The van der Waals surface area contributed by atoms with Crippen LogP contribution in [-0.2, 0) is 9.53 Å². The fourth-order valence-electron chi connectivity index (χ4n) is 3.68. The molecule has 1 saturated heterocycles. The molecule has 112 valence electrons. The number of carbonyl (C=O) groups is 1. The van der Waals surface area contributed by atoms with E-state index in [9.17, 15) is 4.79 Å². The number of allylic oxidation sites excluding steroid dienone is 2. The van der Waals surface area contributed by atoms with E-state index in [1.807, 2.05) is 60.4 Å². The van der Waals surface area contributed by atoms with Gasteiger partial charge in [-0.15, -0.1) is 0 Å². The van der Waals surface area contributed by atoms with Crippen molar-refractivity contribution >= 4 is 27.4 Å². The Hall–Kier alpha value is -1.65. The molecular weight excluding hydrogens is 342 g/mol. The Morgan fingerprint density at radius 1 is 1.27 bits per heavy atom. The first-order valence-electron chi connectivity index (χ1n) is 7.43. The number of carbonyl (C=O) groups excluding carboxylic acids is 1. The Labute approximate surface area is 138 Å². The van der Waals surface area contributed by atoms with Crippen LogP contribution in [0, 0.1) is 0 Å². The lowest BCUT2D eigenvalue weighted by Gasteiger charge is -2.49. The van der Waals surface area contributed by atoms with E-state index in [0.717, 1.165) is 11.1 Å². The van der Waals surface area contributed by atoms with Crippen LogP contribution in [0.5, 0.6) is 0 Å². The predicted molar refractivity (Wildman–Crippen MR) is 89.3 cm³/mol. The fraction of sp³-hybridized carbons (Fsp3) is 0.278. The summed E-state index contributed by atoms with van der Waals surface area (Å²) >= 11 is 3.55. The second-order valence-electron chi connectivity index (χ2n) is 5.91. The standard InChI is InChI=1S/C18H16BrNO2/c1-12-11-20-17(21)16(19)15(13-7-3-2-4-8-13)18(20)10-6-5-9-14(18)22-12/h2-10,12,14H,11H2,1H3/t12-,14+,18-/m0/s1. The molecule has 1 fully saturated rings. The molecule has 1 aliphatic carbocycles. The zero-order valence-electron chi connectivity index (χ0n) is 12.2. The first kappa shape index (κ1) is 14.0. The smallest absolute Gasteiger partial charge is 0.262 e. The molecule has 1 aromatic rings. The summed E-state index contributed by atoms with van der Waals surface area (Å²) in [5, 5.41) is 0. The van der Waals surface area contributed by atoms with Crippen LogP contribution in [0.3, 0.4) is 0 Å². The van der Waals surface area contributed by atoms with Crippen LogP contribution < -0.4 is 0 Å². The molecule has 1 spiro atoms. The van der Waals surface area contributed by atoms with E-state index < -0.39 is 5.54 Å². The van der Waals surface area contributed by atoms with Crippen LogP contribution in [0.15, 0.2) is 59.1 Å².